The van der Waals surface area contributed by atoms with Gasteiger partial charge >= 0.3 is 5.97 Å². The molecule has 1 aliphatic heterocycles. The van der Waals surface area contributed by atoms with Crippen molar-refractivity contribution in [1.29, 1.82) is 0 Å². The molecule has 0 spiro atoms. The predicted octanol–water partition coefficient (Wildman–Crippen LogP) is 0.856. The van der Waals surface area contributed by atoms with Crippen LogP contribution in [0.25, 0.3) is 0 Å². The number of aliphatic hydroxyl groups excluding tert-OH is 1. The second kappa shape index (κ2) is 5.92. The van der Waals surface area contributed by atoms with Crippen LogP contribution in [-0.2, 0) is 20.9 Å². The summed E-state index contributed by atoms with van der Waals surface area (Å²) < 4.78 is 10.4. The van der Waals surface area contributed by atoms with E-state index in [1.807, 2.05) is 0 Å². The lowest BCUT2D eigenvalue weighted by atomic mass is 10.1. The van der Waals surface area contributed by atoms with Gasteiger partial charge in [-0.2, -0.15) is 0 Å². The molecule has 108 valence electrons. The number of anilines is 1. The first-order valence-corrected chi connectivity index (χ1v) is 6.37. The number of hydrogen-bond donors (Lipinski definition) is 1. The normalized spacial score (nSPS) is 14.0. The van der Waals surface area contributed by atoms with Crippen molar-refractivity contribution in [2.45, 2.75) is 26.6 Å². The molecule has 6 nitrogen and oxygen atoms in total. The molecule has 1 amide bonds. The Morgan fingerprint density at radius 3 is 2.90 bits per heavy atom. The first-order chi connectivity index (χ1) is 9.51. The molecule has 0 saturated heterocycles. The minimum atomic E-state index is -0.465. The molecular weight excluding hydrogens is 262 g/mol. The van der Waals surface area contributed by atoms with Gasteiger partial charge in [-0.05, 0) is 31.5 Å². The molecule has 1 aliphatic rings. The largest absolute Gasteiger partial charge is 0.482 e. The number of ether oxygens (including phenoxy) is 2. The number of amides is 1. The first-order valence-electron chi connectivity index (χ1n) is 6.37. The molecule has 0 aliphatic carbocycles. The van der Waals surface area contributed by atoms with Crippen LogP contribution >= 0.6 is 0 Å². The maximum atomic E-state index is 11.9. The summed E-state index contributed by atoms with van der Waals surface area (Å²) in [6.07, 6.45) is -0.227. The van der Waals surface area contributed by atoms with Gasteiger partial charge in [-0.15, -0.1) is 0 Å². The van der Waals surface area contributed by atoms with Crippen molar-refractivity contribution in [2.24, 2.45) is 0 Å². The molecule has 6 heteroatoms. The summed E-state index contributed by atoms with van der Waals surface area (Å²) in [6, 6.07) is 4.99. The highest BCUT2D eigenvalue weighted by atomic mass is 16.5. The third-order valence-electron chi connectivity index (χ3n) is 2.80. The molecule has 0 fully saturated rings. The Labute approximate surface area is 116 Å². The Hall–Kier alpha value is -2.08. The minimum Gasteiger partial charge on any atom is -0.482 e. The molecule has 1 N–H and O–H groups in total. The van der Waals surface area contributed by atoms with E-state index in [1.165, 1.54) is 4.90 Å². The van der Waals surface area contributed by atoms with Gasteiger partial charge < -0.3 is 14.6 Å². The van der Waals surface area contributed by atoms with Crippen LogP contribution in [0, 0.1) is 0 Å². The van der Waals surface area contributed by atoms with Gasteiger partial charge in [0.05, 0.1) is 18.4 Å². The van der Waals surface area contributed by atoms with Gasteiger partial charge in [-0.3, -0.25) is 14.5 Å². The maximum absolute atomic E-state index is 11.9. The quantitative estimate of drug-likeness (QED) is 0.827. The molecule has 0 atom stereocenters. The second-order valence-electron chi connectivity index (χ2n) is 4.77. The molecule has 0 bridgehead atoms. The highest BCUT2D eigenvalue weighted by molar-refractivity contribution is 6.01. The number of esters is 1. The van der Waals surface area contributed by atoms with Crippen LogP contribution in [-0.4, -0.2) is 36.2 Å². The number of hydrogen-bond acceptors (Lipinski definition) is 5. The monoisotopic (exact) mass is 279 g/mol. The topological polar surface area (TPSA) is 76.1 Å². The van der Waals surface area contributed by atoms with Crippen LogP contribution in [0.4, 0.5) is 5.69 Å². The number of nitrogens with zero attached hydrogens (tertiary/aromatic N) is 1. The van der Waals surface area contributed by atoms with Gasteiger partial charge in [-0.1, -0.05) is 6.07 Å². The van der Waals surface area contributed by atoms with Crippen molar-refractivity contribution < 1.29 is 24.2 Å². The fourth-order valence-corrected chi connectivity index (χ4v) is 1.95. The minimum absolute atomic E-state index is 0.111. The summed E-state index contributed by atoms with van der Waals surface area (Å²) in [5.74, 6) is -0.282. The third-order valence-corrected chi connectivity index (χ3v) is 2.80. The lowest BCUT2D eigenvalue weighted by Gasteiger charge is -2.29. The maximum Gasteiger partial charge on any atom is 0.326 e. The average molecular weight is 279 g/mol. The van der Waals surface area contributed by atoms with E-state index >= 15 is 0 Å². The number of benzene rings is 1. The molecule has 1 aromatic carbocycles. The summed E-state index contributed by atoms with van der Waals surface area (Å²) in [5, 5.41) is 9.09. The highest BCUT2D eigenvalue weighted by Crippen LogP contribution is 2.32. The molecule has 20 heavy (non-hydrogen) atoms. The summed E-state index contributed by atoms with van der Waals surface area (Å²) in [5.41, 5.74) is 1.20. The van der Waals surface area contributed by atoms with E-state index in [9.17, 15) is 9.59 Å². The van der Waals surface area contributed by atoms with Crippen molar-refractivity contribution >= 4 is 17.6 Å². The van der Waals surface area contributed by atoms with Crippen molar-refractivity contribution in [3.8, 4) is 5.75 Å². The third kappa shape index (κ3) is 3.08. The summed E-state index contributed by atoms with van der Waals surface area (Å²) >= 11 is 0. The smallest absolute Gasteiger partial charge is 0.326 e. The fraction of sp³-hybridized carbons (Fsp3) is 0.429. The molecule has 1 heterocycles. The van der Waals surface area contributed by atoms with E-state index in [2.05, 4.69) is 0 Å². The van der Waals surface area contributed by atoms with E-state index in [4.69, 9.17) is 14.6 Å². The van der Waals surface area contributed by atoms with Crippen molar-refractivity contribution in [3.63, 3.8) is 0 Å². The summed E-state index contributed by atoms with van der Waals surface area (Å²) in [7, 11) is 0. The van der Waals surface area contributed by atoms with Crippen LogP contribution in [0.2, 0.25) is 0 Å². The number of rotatable bonds is 4. The molecule has 2 rings (SSSR count). The zero-order chi connectivity index (χ0) is 14.7. The zero-order valence-corrected chi connectivity index (χ0v) is 11.5. The van der Waals surface area contributed by atoms with Gasteiger partial charge in [0.1, 0.15) is 12.3 Å². The van der Waals surface area contributed by atoms with Crippen LogP contribution in [0.5, 0.6) is 5.75 Å². The van der Waals surface area contributed by atoms with Crippen molar-refractivity contribution in [3.05, 3.63) is 23.8 Å². The number of carbonyl (C=O) groups is 2. The van der Waals surface area contributed by atoms with E-state index in [0.717, 1.165) is 0 Å². The van der Waals surface area contributed by atoms with E-state index < -0.39 is 5.97 Å². The molecular formula is C14H17NO5. The Bertz CT molecular complexity index is 526. The van der Waals surface area contributed by atoms with Crippen LogP contribution in [0.15, 0.2) is 18.2 Å². The molecule has 0 radical (unpaired) electrons. The molecule has 1 aromatic rings. The summed E-state index contributed by atoms with van der Waals surface area (Å²) in [4.78, 5) is 24.9. The van der Waals surface area contributed by atoms with Gasteiger partial charge in [0.15, 0.2) is 6.61 Å². The van der Waals surface area contributed by atoms with Crippen LogP contribution < -0.4 is 9.64 Å². The van der Waals surface area contributed by atoms with Crippen molar-refractivity contribution in [1.82, 2.24) is 0 Å². The second-order valence-corrected chi connectivity index (χ2v) is 4.77. The Kier molecular flexibility index (Phi) is 4.24. The van der Waals surface area contributed by atoms with Gasteiger partial charge in [0.25, 0.3) is 5.91 Å². The first kappa shape index (κ1) is 14.3. The van der Waals surface area contributed by atoms with Gasteiger partial charge in [0.2, 0.25) is 0 Å². The Morgan fingerprint density at radius 1 is 1.50 bits per heavy atom. The summed E-state index contributed by atoms with van der Waals surface area (Å²) in [6.45, 7) is 3.11. The Balaban J connectivity index is 2.21. The van der Waals surface area contributed by atoms with Gasteiger partial charge in [0, 0.05) is 0 Å². The number of fused-ring (bicyclic) bond motifs is 1. The molecule has 0 unspecified atom stereocenters. The van der Waals surface area contributed by atoms with E-state index in [0.29, 0.717) is 17.0 Å². The van der Waals surface area contributed by atoms with E-state index in [-0.39, 0.29) is 31.8 Å². The lowest BCUT2D eigenvalue weighted by Crippen LogP contribution is -2.42. The van der Waals surface area contributed by atoms with E-state index in [1.54, 1.807) is 32.0 Å². The molecule has 0 saturated carbocycles. The van der Waals surface area contributed by atoms with Crippen LogP contribution in [0.3, 0.4) is 0 Å². The molecule has 0 aromatic heterocycles. The number of carbonyl (C=O) groups excluding carboxylic acids is 2. The SMILES string of the molecule is CC(C)OC(=O)CN1C(=O)COc2cc(CO)ccc21. The average Bonchev–Trinajstić information content (AvgIpc) is 2.40. The highest BCUT2D eigenvalue weighted by Gasteiger charge is 2.28. The Morgan fingerprint density at radius 2 is 2.25 bits per heavy atom. The van der Waals surface area contributed by atoms with Crippen LogP contribution in [0.1, 0.15) is 19.4 Å². The van der Waals surface area contributed by atoms with Gasteiger partial charge in [-0.25, -0.2) is 0 Å². The number of aliphatic hydroxyl groups is 1. The van der Waals surface area contributed by atoms with Crippen molar-refractivity contribution in [2.75, 3.05) is 18.1 Å². The predicted molar refractivity (Wildman–Crippen MR) is 71.4 cm³/mol. The zero-order valence-electron chi connectivity index (χ0n) is 11.5. The lowest BCUT2D eigenvalue weighted by molar-refractivity contribution is -0.146. The fourth-order valence-electron chi connectivity index (χ4n) is 1.95. The standard InChI is InChI=1S/C14H17NO5/c1-9(2)20-14(18)6-15-11-4-3-10(7-16)5-12(11)19-8-13(15)17/h3-5,9,16H,6-8H2,1-2H3.